The summed E-state index contributed by atoms with van der Waals surface area (Å²) in [5, 5.41) is 10.9. The normalized spacial score (nSPS) is 11.3. The van der Waals surface area contributed by atoms with Gasteiger partial charge in [-0.15, -0.1) is 0 Å². The average molecular weight is 386 g/mol. The molecular formula is C24H14N6. The lowest BCUT2D eigenvalue weighted by Crippen LogP contribution is -1.92. The molecule has 3 heterocycles. The van der Waals surface area contributed by atoms with E-state index in [1.165, 1.54) is 0 Å². The summed E-state index contributed by atoms with van der Waals surface area (Å²) >= 11 is 0. The SMILES string of the molecule is c1ccc2nc(-c3ccc4cnc(-c5ccc6cnncc6c5)nc4c3)cnc2c1. The van der Waals surface area contributed by atoms with Crippen molar-refractivity contribution in [3.05, 3.63) is 85.5 Å². The Hall–Kier alpha value is -4.32. The molecule has 0 amide bonds. The maximum absolute atomic E-state index is 4.81. The van der Waals surface area contributed by atoms with Crippen LogP contribution in [0.4, 0.5) is 0 Å². The lowest BCUT2D eigenvalue weighted by molar-refractivity contribution is 1.05. The number of hydrogen-bond donors (Lipinski definition) is 0. The molecule has 0 radical (unpaired) electrons. The van der Waals surface area contributed by atoms with Crippen LogP contribution < -0.4 is 0 Å². The van der Waals surface area contributed by atoms with Gasteiger partial charge in [0.05, 0.1) is 40.8 Å². The van der Waals surface area contributed by atoms with E-state index in [0.29, 0.717) is 5.82 Å². The van der Waals surface area contributed by atoms with Gasteiger partial charge in [0.15, 0.2) is 5.82 Å². The lowest BCUT2D eigenvalue weighted by atomic mass is 10.1. The summed E-state index contributed by atoms with van der Waals surface area (Å²) in [7, 11) is 0. The molecule has 6 aromatic rings. The van der Waals surface area contributed by atoms with Gasteiger partial charge in [0, 0.05) is 33.5 Å². The predicted molar refractivity (Wildman–Crippen MR) is 117 cm³/mol. The zero-order valence-corrected chi connectivity index (χ0v) is 15.8. The Morgan fingerprint density at radius 3 is 2.23 bits per heavy atom. The summed E-state index contributed by atoms with van der Waals surface area (Å²) in [4.78, 5) is 18.6. The molecule has 6 heteroatoms. The van der Waals surface area contributed by atoms with E-state index in [4.69, 9.17) is 9.97 Å². The quantitative estimate of drug-likeness (QED) is 0.423. The zero-order chi connectivity index (χ0) is 19.9. The van der Waals surface area contributed by atoms with Crippen LogP contribution in [-0.4, -0.2) is 30.1 Å². The molecule has 0 aliphatic heterocycles. The van der Waals surface area contributed by atoms with E-state index >= 15 is 0 Å². The van der Waals surface area contributed by atoms with E-state index in [0.717, 1.165) is 49.5 Å². The number of nitrogens with zero attached hydrogens (tertiary/aromatic N) is 6. The standard InChI is InChI=1S/C24H14N6/c1-2-4-21-20(3-1)25-14-23(29-21)15-5-8-18-11-26-24(30-22(18)10-15)16-6-7-17-12-27-28-13-19(17)9-16/h1-14H. The first-order valence-electron chi connectivity index (χ1n) is 9.53. The van der Waals surface area contributed by atoms with Crippen molar-refractivity contribution in [3.63, 3.8) is 0 Å². The fraction of sp³-hybridized carbons (Fsp3) is 0. The highest BCUT2D eigenvalue weighted by Gasteiger charge is 2.08. The highest BCUT2D eigenvalue weighted by atomic mass is 15.1. The second-order valence-electron chi connectivity index (χ2n) is 7.04. The van der Waals surface area contributed by atoms with Crippen LogP contribution >= 0.6 is 0 Å². The van der Waals surface area contributed by atoms with E-state index in [2.05, 4.69) is 20.2 Å². The molecule has 0 saturated heterocycles. The van der Waals surface area contributed by atoms with Crippen molar-refractivity contribution in [1.29, 1.82) is 0 Å². The minimum absolute atomic E-state index is 0.669. The van der Waals surface area contributed by atoms with Gasteiger partial charge < -0.3 is 0 Å². The van der Waals surface area contributed by atoms with Gasteiger partial charge in [-0.1, -0.05) is 36.4 Å². The van der Waals surface area contributed by atoms with E-state index in [1.807, 2.05) is 66.9 Å². The molecule has 140 valence electrons. The van der Waals surface area contributed by atoms with Gasteiger partial charge in [-0.25, -0.2) is 15.0 Å². The first kappa shape index (κ1) is 16.6. The fourth-order valence-electron chi connectivity index (χ4n) is 3.55. The second kappa shape index (κ2) is 6.63. The highest BCUT2D eigenvalue weighted by molar-refractivity contribution is 5.88. The molecule has 0 spiro atoms. The monoisotopic (exact) mass is 386 g/mol. The summed E-state index contributed by atoms with van der Waals surface area (Å²) < 4.78 is 0. The second-order valence-corrected chi connectivity index (χ2v) is 7.04. The number of benzene rings is 3. The molecule has 0 saturated carbocycles. The van der Waals surface area contributed by atoms with Gasteiger partial charge in [-0.05, 0) is 24.3 Å². The molecule has 0 fully saturated rings. The maximum Gasteiger partial charge on any atom is 0.159 e. The Bertz CT molecular complexity index is 1450. The van der Waals surface area contributed by atoms with Crippen molar-refractivity contribution in [2.75, 3.05) is 0 Å². The Morgan fingerprint density at radius 1 is 0.500 bits per heavy atom. The molecule has 3 aromatic carbocycles. The molecule has 0 atom stereocenters. The molecule has 6 rings (SSSR count). The number of rotatable bonds is 2. The van der Waals surface area contributed by atoms with Crippen molar-refractivity contribution in [2.24, 2.45) is 0 Å². The van der Waals surface area contributed by atoms with E-state index in [1.54, 1.807) is 18.6 Å². The molecule has 0 aliphatic carbocycles. The van der Waals surface area contributed by atoms with Gasteiger partial charge >= 0.3 is 0 Å². The van der Waals surface area contributed by atoms with Gasteiger partial charge in [0.1, 0.15) is 0 Å². The van der Waals surface area contributed by atoms with Crippen LogP contribution in [0.25, 0.3) is 55.4 Å². The van der Waals surface area contributed by atoms with Crippen molar-refractivity contribution in [2.45, 2.75) is 0 Å². The summed E-state index contributed by atoms with van der Waals surface area (Å²) in [5.41, 5.74) is 5.35. The predicted octanol–water partition coefficient (Wildman–Crippen LogP) is 4.85. The van der Waals surface area contributed by atoms with Crippen LogP contribution in [0.3, 0.4) is 0 Å². The van der Waals surface area contributed by atoms with Crippen LogP contribution in [0, 0.1) is 0 Å². The first-order valence-corrected chi connectivity index (χ1v) is 9.53. The maximum atomic E-state index is 4.81. The van der Waals surface area contributed by atoms with Gasteiger partial charge in [0.2, 0.25) is 0 Å². The van der Waals surface area contributed by atoms with Crippen molar-refractivity contribution >= 4 is 32.7 Å². The number of hydrogen-bond acceptors (Lipinski definition) is 6. The van der Waals surface area contributed by atoms with Crippen LogP contribution in [0.1, 0.15) is 0 Å². The Morgan fingerprint density at radius 2 is 1.30 bits per heavy atom. The minimum Gasteiger partial charge on any atom is -0.252 e. The molecular weight excluding hydrogens is 372 g/mol. The molecule has 0 aliphatic rings. The third kappa shape index (κ3) is 2.82. The largest absolute Gasteiger partial charge is 0.252 e. The molecule has 0 unspecified atom stereocenters. The van der Waals surface area contributed by atoms with Crippen molar-refractivity contribution in [3.8, 4) is 22.6 Å². The number of para-hydroxylation sites is 2. The van der Waals surface area contributed by atoms with Crippen molar-refractivity contribution in [1.82, 2.24) is 30.1 Å². The third-order valence-electron chi connectivity index (χ3n) is 5.13. The first-order chi connectivity index (χ1) is 14.8. The van der Waals surface area contributed by atoms with Gasteiger partial charge in [-0.2, -0.15) is 10.2 Å². The Kier molecular flexibility index (Phi) is 3.67. The topological polar surface area (TPSA) is 77.3 Å². The van der Waals surface area contributed by atoms with E-state index in [-0.39, 0.29) is 0 Å². The van der Waals surface area contributed by atoms with Crippen LogP contribution in [-0.2, 0) is 0 Å². The molecule has 30 heavy (non-hydrogen) atoms. The lowest BCUT2D eigenvalue weighted by Gasteiger charge is -2.06. The molecule has 6 nitrogen and oxygen atoms in total. The van der Waals surface area contributed by atoms with E-state index in [9.17, 15) is 0 Å². The van der Waals surface area contributed by atoms with Gasteiger partial charge in [-0.3, -0.25) is 4.98 Å². The zero-order valence-electron chi connectivity index (χ0n) is 15.8. The van der Waals surface area contributed by atoms with Gasteiger partial charge in [0.25, 0.3) is 0 Å². The Labute approximate surface area is 171 Å². The number of fused-ring (bicyclic) bond motifs is 3. The minimum atomic E-state index is 0.669. The molecule has 0 N–H and O–H groups in total. The molecule has 0 bridgehead atoms. The van der Waals surface area contributed by atoms with Crippen LogP contribution in [0.5, 0.6) is 0 Å². The highest BCUT2D eigenvalue weighted by Crippen LogP contribution is 2.26. The van der Waals surface area contributed by atoms with Crippen LogP contribution in [0.2, 0.25) is 0 Å². The van der Waals surface area contributed by atoms with E-state index < -0.39 is 0 Å². The molecule has 3 aromatic heterocycles. The third-order valence-corrected chi connectivity index (χ3v) is 5.13. The van der Waals surface area contributed by atoms with Crippen LogP contribution in [0.15, 0.2) is 85.5 Å². The Balaban J connectivity index is 1.46. The fourth-order valence-corrected chi connectivity index (χ4v) is 3.55. The summed E-state index contributed by atoms with van der Waals surface area (Å²) in [6, 6.07) is 20.0. The van der Waals surface area contributed by atoms with Crippen molar-refractivity contribution < 1.29 is 0 Å². The summed E-state index contributed by atoms with van der Waals surface area (Å²) in [5.74, 6) is 0.669. The smallest absolute Gasteiger partial charge is 0.159 e. The number of aromatic nitrogens is 6. The summed E-state index contributed by atoms with van der Waals surface area (Å²) in [6.45, 7) is 0. The average Bonchev–Trinajstić information content (AvgIpc) is 2.82. The summed E-state index contributed by atoms with van der Waals surface area (Å²) in [6.07, 6.45) is 7.14.